The Bertz CT molecular complexity index is 81.0. The molecule has 3 N–H and O–H groups in total. The Kier molecular flexibility index (Phi) is 4.07. The van der Waals surface area contributed by atoms with E-state index in [9.17, 15) is 0 Å². The summed E-state index contributed by atoms with van der Waals surface area (Å²) in [5.74, 6) is 4.90. The molecule has 0 aliphatic carbocycles. The minimum Gasteiger partial charge on any atom is -0.309 e. The van der Waals surface area contributed by atoms with Crippen LogP contribution < -0.4 is 11.3 Å². The Hall–Kier alpha value is -0.0600. The highest BCUT2D eigenvalue weighted by Gasteiger charge is 1.82. The zero-order chi connectivity index (χ0) is 5.70. The number of thiocarbonyl (C=S) groups is 1. The number of hydrogen-bond donors (Lipinski definition) is 2. The third kappa shape index (κ3) is 3.78. The molecular formula is C3H6N2S2. The van der Waals surface area contributed by atoms with Crippen molar-refractivity contribution in [1.82, 2.24) is 5.43 Å². The van der Waals surface area contributed by atoms with Crippen molar-refractivity contribution in [2.75, 3.05) is 0 Å². The van der Waals surface area contributed by atoms with Crippen LogP contribution in [-0.2, 0) is 0 Å². The molecular weight excluding hydrogens is 128 g/mol. The van der Waals surface area contributed by atoms with Crippen LogP contribution in [0.5, 0.6) is 0 Å². The average Bonchev–Trinajstić information content (AvgIpc) is 1.68. The van der Waals surface area contributed by atoms with Crippen molar-refractivity contribution in [3.8, 4) is 0 Å². The minimum atomic E-state index is 0.537. The maximum Gasteiger partial charge on any atom is 0.152 e. The first kappa shape index (κ1) is 6.94. The number of rotatable bonds is 1. The minimum absolute atomic E-state index is 0.537. The molecule has 7 heavy (non-hydrogen) atoms. The molecule has 0 aromatic heterocycles. The van der Waals surface area contributed by atoms with Gasteiger partial charge in [0, 0.05) is 0 Å². The number of nitrogens with two attached hydrogens (primary N) is 1. The standard InChI is InChI=1S/C3H6N2S2/c1-2-7-3(6)5-4/h2H,1,4H2,(H,5,6). The predicted octanol–water partition coefficient (Wildman–Crippen LogP) is 0.611. The van der Waals surface area contributed by atoms with Crippen LogP contribution in [0.3, 0.4) is 0 Å². The molecule has 0 fully saturated rings. The van der Waals surface area contributed by atoms with Gasteiger partial charge in [0.1, 0.15) is 0 Å². The van der Waals surface area contributed by atoms with Crippen molar-refractivity contribution < 1.29 is 0 Å². The van der Waals surface area contributed by atoms with Crippen LogP contribution in [0.15, 0.2) is 12.0 Å². The van der Waals surface area contributed by atoms with E-state index in [0.29, 0.717) is 4.32 Å². The summed E-state index contributed by atoms with van der Waals surface area (Å²) >= 11 is 5.90. The van der Waals surface area contributed by atoms with E-state index >= 15 is 0 Å². The lowest BCUT2D eigenvalue weighted by Crippen LogP contribution is -2.25. The van der Waals surface area contributed by atoms with Crippen LogP contribution in [0.2, 0.25) is 0 Å². The molecule has 0 radical (unpaired) electrons. The molecule has 0 aliphatic rings. The van der Waals surface area contributed by atoms with Crippen LogP contribution in [0.25, 0.3) is 0 Å². The molecule has 0 saturated carbocycles. The fraction of sp³-hybridized carbons (Fsp3) is 0. The molecule has 0 bridgehead atoms. The monoisotopic (exact) mass is 134 g/mol. The first-order valence-electron chi connectivity index (χ1n) is 1.59. The van der Waals surface area contributed by atoms with E-state index < -0.39 is 0 Å². The van der Waals surface area contributed by atoms with Gasteiger partial charge in [0.15, 0.2) is 4.32 Å². The van der Waals surface area contributed by atoms with Crippen molar-refractivity contribution in [3.63, 3.8) is 0 Å². The highest BCUT2D eigenvalue weighted by molar-refractivity contribution is 8.24. The van der Waals surface area contributed by atoms with Gasteiger partial charge in [-0.15, -0.1) is 0 Å². The Balaban J connectivity index is 3.17. The smallest absolute Gasteiger partial charge is 0.152 e. The molecule has 4 heteroatoms. The second kappa shape index (κ2) is 4.11. The zero-order valence-electron chi connectivity index (χ0n) is 3.68. The van der Waals surface area contributed by atoms with Gasteiger partial charge in [-0.25, -0.2) is 5.84 Å². The van der Waals surface area contributed by atoms with Crippen molar-refractivity contribution >= 4 is 28.3 Å². The number of thioether (sulfide) groups is 1. The van der Waals surface area contributed by atoms with Crippen LogP contribution in [0.4, 0.5) is 0 Å². The van der Waals surface area contributed by atoms with Crippen molar-refractivity contribution in [2.45, 2.75) is 0 Å². The SMILES string of the molecule is C=CSC(=S)NN. The summed E-state index contributed by atoms with van der Waals surface area (Å²) in [6, 6.07) is 0. The summed E-state index contributed by atoms with van der Waals surface area (Å²) in [6.45, 7) is 3.43. The summed E-state index contributed by atoms with van der Waals surface area (Å²) in [5, 5.41) is 1.61. The molecule has 40 valence electrons. The maximum absolute atomic E-state index is 4.90. The fourth-order valence-corrected chi connectivity index (χ4v) is 0.533. The van der Waals surface area contributed by atoms with Gasteiger partial charge in [0.25, 0.3) is 0 Å². The number of hydrazine groups is 1. The molecule has 0 saturated heterocycles. The summed E-state index contributed by atoms with van der Waals surface area (Å²) in [6.07, 6.45) is 0. The van der Waals surface area contributed by atoms with Crippen molar-refractivity contribution in [3.05, 3.63) is 12.0 Å². The Morgan fingerprint density at radius 1 is 2.00 bits per heavy atom. The van der Waals surface area contributed by atoms with Gasteiger partial charge in [-0.05, 0) is 5.41 Å². The molecule has 0 heterocycles. The van der Waals surface area contributed by atoms with Gasteiger partial charge in [-0.1, -0.05) is 30.6 Å². The van der Waals surface area contributed by atoms with Crippen molar-refractivity contribution in [2.24, 2.45) is 5.84 Å². The van der Waals surface area contributed by atoms with E-state index in [-0.39, 0.29) is 0 Å². The van der Waals surface area contributed by atoms with Gasteiger partial charge >= 0.3 is 0 Å². The van der Waals surface area contributed by atoms with E-state index in [1.807, 2.05) is 0 Å². The van der Waals surface area contributed by atoms with Gasteiger partial charge < -0.3 is 5.43 Å². The maximum atomic E-state index is 4.90. The molecule has 0 aromatic carbocycles. The molecule has 0 aliphatic heterocycles. The molecule has 0 aromatic rings. The zero-order valence-corrected chi connectivity index (χ0v) is 5.31. The lowest BCUT2D eigenvalue weighted by atomic mass is 11.3. The quantitative estimate of drug-likeness (QED) is 0.313. The van der Waals surface area contributed by atoms with Crippen LogP contribution >= 0.6 is 24.0 Å². The topological polar surface area (TPSA) is 38.0 Å². The van der Waals surface area contributed by atoms with Crippen LogP contribution in [0, 0.1) is 0 Å². The van der Waals surface area contributed by atoms with Crippen molar-refractivity contribution in [1.29, 1.82) is 0 Å². The first-order valence-corrected chi connectivity index (χ1v) is 2.88. The first-order chi connectivity index (χ1) is 3.31. The Morgan fingerprint density at radius 2 is 2.57 bits per heavy atom. The second-order valence-electron chi connectivity index (χ2n) is 0.716. The predicted molar refractivity (Wildman–Crippen MR) is 37.7 cm³/mol. The average molecular weight is 134 g/mol. The molecule has 0 rings (SSSR count). The molecule has 0 amide bonds. The Morgan fingerprint density at radius 3 is 2.71 bits per heavy atom. The fourth-order valence-electron chi connectivity index (χ4n) is 0.110. The number of nitrogens with one attached hydrogen (secondary N) is 1. The van der Waals surface area contributed by atoms with E-state index in [1.165, 1.54) is 11.8 Å². The van der Waals surface area contributed by atoms with E-state index in [2.05, 4.69) is 24.2 Å². The summed E-state index contributed by atoms with van der Waals surface area (Å²) in [4.78, 5) is 0. The third-order valence-electron chi connectivity index (χ3n) is 0.308. The summed E-state index contributed by atoms with van der Waals surface area (Å²) in [7, 11) is 0. The molecule has 0 atom stereocenters. The highest BCUT2D eigenvalue weighted by Crippen LogP contribution is 1.98. The third-order valence-corrected chi connectivity index (χ3v) is 1.21. The van der Waals surface area contributed by atoms with Gasteiger partial charge in [-0.2, -0.15) is 0 Å². The van der Waals surface area contributed by atoms with Gasteiger partial charge in [0.05, 0.1) is 0 Å². The summed E-state index contributed by atoms with van der Waals surface area (Å²) < 4.78 is 0.537. The second-order valence-corrected chi connectivity index (χ2v) is 2.36. The van der Waals surface area contributed by atoms with Crippen LogP contribution in [0.1, 0.15) is 0 Å². The summed E-state index contributed by atoms with van der Waals surface area (Å²) in [5.41, 5.74) is 2.29. The van der Waals surface area contributed by atoms with Gasteiger partial charge in [-0.3, -0.25) is 0 Å². The lowest BCUT2D eigenvalue weighted by molar-refractivity contribution is 1.07. The largest absolute Gasteiger partial charge is 0.309 e. The van der Waals surface area contributed by atoms with Crippen LogP contribution in [-0.4, -0.2) is 4.32 Å². The van der Waals surface area contributed by atoms with Gasteiger partial charge in [0.2, 0.25) is 0 Å². The highest BCUT2D eigenvalue weighted by atomic mass is 32.2. The number of hydrogen-bond acceptors (Lipinski definition) is 3. The molecule has 0 unspecified atom stereocenters. The normalized spacial score (nSPS) is 7.57. The lowest BCUT2D eigenvalue weighted by Gasteiger charge is -1.92. The van der Waals surface area contributed by atoms with E-state index in [4.69, 9.17) is 5.84 Å². The Labute approximate surface area is 52.1 Å². The van der Waals surface area contributed by atoms with E-state index in [1.54, 1.807) is 5.41 Å². The molecule has 0 spiro atoms. The van der Waals surface area contributed by atoms with E-state index in [0.717, 1.165) is 0 Å². The molecule has 2 nitrogen and oxygen atoms in total.